The zero-order valence-electron chi connectivity index (χ0n) is 16.9. The second kappa shape index (κ2) is 7.09. The number of carbonyl (C=O) groups excluding carboxylic acids is 2. The highest BCUT2D eigenvalue weighted by molar-refractivity contribution is 6.11. The molecule has 0 radical (unpaired) electrons. The summed E-state index contributed by atoms with van der Waals surface area (Å²) in [7, 11) is 1.72. The highest BCUT2D eigenvalue weighted by atomic mass is 16.5. The number of carbonyl (C=O) groups is 2. The van der Waals surface area contributed by atoms with Gasteiger partial charge in [0.05, 0.1) is 11.3 Å². The summed E-state index contributed by atoms with van der Waals surface area (Å²) in [6.45, 7) is 5.88. The van der Waals surface area contributed by atoms with Crippen LogP contribution in [0.15, 0.2) is 54.6 Å². The molecule has 0 saturated carbocycles. The zero-order chi connectivity index (χ0) is 20.7. The highest BCUT2D eigenvalue weighted by Crippen LogP contribution is 2.39. The van der Waals surface area contributed by atoms with Gasteiger partial charge in [0.15, 0.2) is 5.75 Å². The Balaban J connectivity index is 1.66. The fourth-order valence-electron chi connectivity index (χ4n) is 3.56. The molecule has 1 aliphatic heterocycles. The Hall–Kier alpha value is -3.60. The molecule has 5 nitrogen and oxygen atoms in total. The minimum Gasteiger partial charge on any atom is -0.454 e. The van der Waals surface area contributed by atoms with Crippen LogP contribution in [0.4, 0.5) is 11.4 Å². The van der Waals surface area contributed by atoms with Gasteiger partial charge in [0, 0.05) is 18.3 Å². The lowest BCUT2D eigenvalue weighted by Crippen LogP contribution is -2.25. The molecule has 0 saturated heterocycles. The molecule has 146 valence electrons. The van der Waals surface area contributed by atoms with Crippen molar-refractivity contribution in [2.75, 3.05) is 17.3 Å². The molecule has 0 unspecified atom stereocenters. The number of nitrogens with one attached hydrogen (secondary N) is 1. The van der Waals surface area contributed by atoms with Crippen LogP contribution in [-0.4, -0.2) is 18.9 Å². The summed E-state index contributed by atoms with van der Waals surface area (Å²) in [5.41, 5.74) is 5.33. The molecular formula is C24H22N2O3. The van der Waals surface area contributed by atoms with Crippen molar-refractivity contribution in [3.8, 4) is 11.5 Å². The lowest BCUT2D eigenvalue weighted by Gasteiger charge is -2.16. The monoisotopic (exact) mass is 386 g/mol. The van der Waals surface area contributed by atoms with Crippen LogP contribution in [0.2, 0.25) is 0 Å². The van der Waals surface area contributed by atoms with Crippen molar-refractivity contribution < 1.29 is 14.3 Å². The van der Waals surface area contributed by atoms with Crippen LogP contribution < -0.4 is 15.0 Å². The van der Waals surface area contributed by atoms with Gasteiger partial charge < -0.3 is 15.0 Å². The molecular weight excluding hydrogens is 364 g/mol. The van der Waals surface area contributed by atoms with Crippen molar-refractivity contribution in [2.45, 2.75) is 20.8 Å². The third-order valence-corrected chi connectivity index (χ3v) is 4.95. The molecule has 1 aliphatic rings. The first-order chi connectivity index (χ1) is 13.8. The maximum atomic E-state index is 13.0. The smallest absolute Gasteiger partial charge is 0.261 e. The molecule has 3 aromatic carbocycles. The topological polar surface area (TPSA) is 58.6 Å². The van der Waals surface area contributed by atoms with E-state index in [0.29, 0.717) is 34.0 Å². The molecule has 3 aromatic rings. The molecule has 0 spiro atoms. The summed E-state index contributed by atoms with van der Waals surface area (Å²) in [5, 5.41) is 2.88. The van der Waals surface area contributed by atoms with Gasteiger partial charge in [0.2, 0.25) is 0 Å². The number of amides is 2. The lowest BCUT2D eigenvalue weighted by molar-refractivity contribution is 0.0990. The van der Waals surface area contributed by atoms with Gasteiger partial charge >= 0.3 is 0 Å². The van der Waals surface area contributed by atoms with Crippen LogP contribution in [-0.2, 0) is 0 Å². The van der Waals surface area contributed by atoms with E-state index in [1.54, 1.807) is 30.1 Å². The van der Waals surface area contributed by atoms with E-state index < -0.39 is 0 Å². The predicted molar refractivity (Wildman–Crippen MR) is 114 cm³/mol. The molecule has 1 N–H and O–H groups in total. The normalized spacial score (nSPS) is 12.6. The quantitative estimate of drug-likeness (QED) is 0.655. The van der Waals surface area contributed by atoms with Crippen LogP contribution in [0.5, 0.6) is 11.5 Å². The minimum atomic E-state index is -0.217. The molecule has 1 heterocycles. The Kier molecular flexibility index (Phi) is 4.59. The summed E-state index contributed by atoms with van der Waals surface area (Å²) >= 11 is 0. The van der Waals surface area contributed by atoms with Crippen molar-refractivity contribution in [3.05, 3.63) is 82.4 Å². The summed E-state index contributed by atoms with van der Waals surface area (Å²) in [6.07, 6.45) is 0. The number of hydrogen-bond donors (Lipinski definition) is 1. The average Bonchev–Trinajstić information content (AvgIpc) is 2.77. The second-order valence-electron chi connectivity index (χ2n) is 7.48. The van der Waals surface area contributed by atoms with Gasteiger partial charge in [-0.1, -0.05) is 23.3 Å². The first-order valence-electron chi connectivity index (χ1n) is 9.42. The fourth-order valence-corrected chi connectivity index (χ4v) is 3.56. The van der Waals surface area contributed by atoms with E-state index in [4.69, 9.17) is 4.74 Å². The number of fused-ring (bicyclic) bond motifs is 2. The van der Waals surface area contributed by atoms with E-state index in [1.165, 1.54) is 0 Å². The van der Waals surface area contributed by atoms with Crippen LogP contribution in [0, 0.1) is 20.8 Å². The molecule has 0 fully saturated rings. The number of ether oxygens (including phenoxy) is 1. The highest BCUT2D eigenvalue weighted by Gasteiger charge is 2.26. The first-order valence-corrected chi connectivity index (χ1v) is 9.42. The van der Waals surface area contributed by atoms with Crippen LogP contribution in [0.3, 0.4) is 0 Å². The Morgan fingerprint density at radius 2 is 1.55 bits per heavy atom. The number of hydrogen-bond acceptors (Lipinski definition) is 3. The Morgan fingerprint density at radius 1 is 0.862 bits per heavy atom. The molecule has 0 aliphatic carbocycles. The first kappa shape index (κ1) is 18.7. The molecule has 2 amide bonds. The van der Waals surface area contributed by atoms with Gasteiger partial charge in [-0.2, -0.15) is 0 Å². The molecule has 0 atom stereocenters. The second-order valence-corrected chi connectivity index (χ2v) is 7.48. The summed E-state index contributed by atoms with van der Waals surface area (Å²) < 4.78 is 6.00. The minimum absolute atomic E-state index is 0.188. The van der Waals surface area contributed by atoms with Gasteiger partial charge in [-0.15, -0.1) is 0 Å². The van der Waals surface area contributed by atoms with Crippen LogP contribution in [0.25, 0.3) is 0 Å². The predicted octanol–water partition coefficient (Wildman–Crippen LogP) is 5.25. The van der Waals surface area contributed by atoms with Crippen molar-refractivity contribution in [1.29, 1.82) is 0 Å². The van der Waals surface area contributed by atoms with E-state index in [0.717, 1.165) is 16.7 Å². The molecule has 0 bridgehead atoms. The molecule has 29 heavy (non-hydrogen) atoms. The van der Waals surface area contributed by atoms with E-state index in [9.17, 15) is 9.59 Å². The SMILES string of the molecule is Cc1cc(C)cc(C(=O)Nc2ccc3c(c2)C(=O)N(C)c2cc(C)ccc2O3)c1. The number of aryl methyl sites for hydroxylation is 3. The van der Waals surface area contributed by atoms with Gasteiger partial charge in [0.1, 0.15) is 5.75 Å². The fraction of sp³-hybridized carbons (Fsp3) is 0.167. The molecule has 0 aromatic heterocycles. The van der Waals surface area contributed by atoms with E-state index >= 15 is 0 Å². The van der Waals surface area contributed by atoms with Crippen molar-refractivity contribution in [1.82, 2.24) is 0 Å². The Labute approximate surface area is 169 Å². The number of benzene rings is 3. The molecule has 5 heteroatoms. The van der Waals surface area contributed by atoms with E-state index in [2.05, 4.69) is 5.32 Å². The van der Waals surface area contributed by atoms with Crippen molar-refractivity contribution >= 4 is 23.2 Å². The summed E-state index contributed by atoms with van der Waals surface area (Å²) in [6, 6.07) is 16.5. The van der Waals surface area contributed by atoms with Crippen LogP contribution in [0.1, 0.15) is 37.4 Å². The maximum absolute atomic E-state index is 13.0. The maximum Gasteiger partial charge on any atom is 0.261 e. The number of nitrogens with zero attached hydrogens (tertiary/aromatic N) is 1. The summed E-state index contributed by atoms with van der Waals surface area (Å²) in [4.78, 5) is 27.3. The van der Waals surface area contributed by atoms with Gasteiger partial charge in [-0.25, -0.2) is 0 Å². The van der Waals surface area contributed by atoms with Crippen LogP contribution >= 0.6 is 0 Å². The number of rotatable bonds is 2. The Morgan fingerprint density at radius 3 is 2.28 bits per heavy atom. The third-order valence-electron chi connectivity index (χ3n) is 4.95. The van der Waals surface area contributed by atoms with Gasteiger partial charge in [-0.3, -0.25) is 9.59 Å². The van der Waals surface area contributed by atoms with Gasteiger partial charge in [0.25, 0.3) is 11.8 Å². The van der Waals surface area contributed by atoms with Crippen molar-refractivity contribution in [3.63, 3.8) is 0 Å². The zero-order valence-corrected chi connectivity index (χ0v) is 16.9. The standard InChI is InChI=1S/C24H22N2O3/c1-14-5-7-22-20(12-14)26(4)24(28)19-13-18(6-8-21(19)29-22)25-23(27)17-10-15(2)9-16(3)11-17/h5-13H,1-4H3,(H,25,27). The average molecular weight is 386 g/mol. The molecule has 4 rings (SSSR count). The summed E-state index contributed by atoms with van der Waals surface area (Å²) in [5.74, 6) is 0.684. The number of anilines is 2. The third kappa shape index (κ3) is 3.59. The van der Waals surface area contributed by atoms with Crippen molar-refractivity contribution in [2.24, 2.45) is 0 Å². The Bertz CT molecular complexity index is 1130. The van der Waals surface area contributed by atoms with E-state index in [1.807, 2.05) is 57.2 Å². The van der Waals surface area contributed by atoms with Gasteiger partial charge in [-0.05, 0) is 68.8 Å². The largest absolute Gasteiger partial charge is 0.454 e. The lowest BCUT2D eigenvalue weighted by atomic mass is 10.1. The van der Waals surface area contributed by atoms with E-state index in [-0.39, 0.29) is 11.8 Å².